The van der Waals surface area contributed by atoms with E-state index in [2.05, 4.69) is 152 Å². The number of rotatable bonds is 5. The summed E-state index contributed by atoms with van der Waals surface area (Å²) in [5, 5.41) is 10.3. The fourth-order valence-corrected chi connectivity index (χ4v) is 8.70. The second-order valence-electron chi connectivity index (χ2n) is 13.5. The fourth-order valence-electron chi connectivity index (χ4n) is 8.70. The van der Waals surface area contributed by atoms with Gasteiger partial charge in [0, 0.05) is 11.1 Å². The predicted molar refractivity (Wildman–Crippen MR) is 209 cm³/mol. The Balaban J connectivity index is 1.26. The number of aromatic nitrogens is 3. The van der Waals surface area contributed by atoms with Crippen LogP contribution in [0, 0.1) is 0 Å². The van der Waals surface area contributed by atoms with E-state index in [1.807, 2.05) is 24.3 Å². The van der Waals surface area contributed by atoms with Crippen molar-refractivity contribution >= 4 is 43.1 Å². The molecule has 236 valence electrons. The second kappa shape index (κ2) is 10.6. The van der Waals surface area contributed by atoms with Crippen molar-refractivity contribution in [3.8, 4) is 33.9 Å². The van der Waals surface area contributed by atoms with Crippen LogP contribution in [0.4, 0.5) is 0 Å². The highest BCUT2D eigenvalue weighted by Crippen LogP contribution is 2.58. The van der Waals surface area contributed by atoms with Crippen LogP contribution in [0.15, 0.2) is 176 Å². The molecule has 0 spiro atoms. The van der Waals surface area contributed by atoms with Crippen LogP contribution in [0.2, 0.25) is 0 Å². The molecule has 1 heterocycles. The monoisotopic (exact) mass is 647 g/mol. The Morgan fingerprint density at radius 1 is 0.314 bits per heavy atom. The zero-order valence-corrected chi connectivity index (χ0v) is 27.6. The highest BCUT2D eigenvalue weighted by molar-refractivity contribution is 6.36. The Morgan fingerprint density at radius 2 is 0.824 bits per heavy atom. The van der Waals surface area contributed by atoms with Gasteiger partial charge in [-0.25, -0.2) is 15.0 Å². The summed E-state index contributed by atoms with van der Waals surface area (Å²) in [6, 6.07) is 62.8. The van der Waals surface area contributed by atoms with E-state index in [1.165, 1.54) is 59.8 Å². The van der Waals surface area contributed by atoms with E-state index in [0.717, 1.165) is 28.1 Å². The lowest BCUT2D eigenvalue weighted by atomic mass is 9.71. The van der Waals surface area contributed by atoms with Gasteiger partial charge in [0.1, 0.15) is 5.41 Å². The maximum absolute atomic E-state index is 5.51. The number of fused-ring (bicyclic) bond motifs is 1. The van der Waals surface area contributed by atoms with Crippen molar-refractivity contribution in [3.63, 3.8) is 0 Å². The van der Waals surface area contributed by atoms with E-state index >= 15 is 0 Å². The van der Waals surface area contributed by atoms with Crippen LogP contribution >= 0.6 is 0 Å². The molecule has 0 radical (unpaired) electrons. The normalized spacial score (nSPS) is 15.1. The molecule has 0 N–H and O–H groups in total. The van der Waals surface area contributed by atoms with Crippen molar-refractivity contribution in [3.05, 3.63) is 198 Å². The van der Waals surface area contributed by atoms with Crippen molar-refractivity contribution in [1.29, 1.82) is 0 Å². The molecule has 10 aromatic rings. The first-order valence-electron chi connectivity index (χ1n) is 17.5. The molecule has 1 aliphatic carbocycles. The van der Waals surface area contributed by atoms with E-state index in [1.54, 1.807) is 0 Å². The maximum atomic E-state index is 5.51. The zero-order valence-electron chi connectivity index (χ0n) is 27.6. The third-order valence-corrected chi connectivity index (χ3v) is 10.9. The molecule has 0 fully saturated rings. The summed E-state index contributed by atoms with van der Waals surface area (Å²) in [5.74, 6) is 2.03. The minimum atomic E-state index is -0.786. The van der Waals surface area contributed by atoms with Gasteiger partial charge in [-0.05, 0) is 70.9 Å². The van der Waals surface area contributed by atoms with Crippen LogP contribution in [0.5, 0.6) is 0 Å². The molecular formula is C48H29N3. The Kier molecular flexibility index (Phi) is 5.88. The van der Waals surface area contributed by atoms with Gasteiger partial charge in [-0.2, -0.15) is 0 Å². The van der Waals surface area contributed by atoms with E-state index in [0.29, 0.717) is 11.6 Å². The molecule has 1 atom stereocenters. The lowest BCUT2D eigenvalue weighted by Crippen LogP contribution is -2.32. The summed E-state index contributed by atoms with van der Waals surface area (Å²) in [5.41, 5.74) is 6.99. The molecule has 51 heavy (non-hydrogen) atoms. The largest absolute Gasteiger partial charge is 0.211 e. The molecular weight excluding hydrogens is 619 g/mol. The average molecular weight is 648 g/mol. The van der Waals surface area contributed by atoms with Gasteiger partial charge in [0.05, 0.1) is 0 Å². The van der Waals surface area contributed by atoms with Gasteiger partial charge >= 0.3 is 0 Å². The fraction of sp³-hybridized carbons (Fsp3) is 0.0208. The van der Waals surface area contributed by atoms with Crippen LogP contribution in [0.25, 0.3) is 77.0 Å². The van der Waals surface area contributed by atoms with Gasteiger partial charge in [0.15, 0.2) is 17.5 Å². The minimum Gasteiger partial charge on any atom is -0.211 e. The summed E-state index contributed by atoms with van der Waals surface area (Å²) in [7, 11) is 0. The standard InChI is InChI=1S/C48H29N3/c1-4-12-30(13-5-1)31-22-26-35(27-23-31)46-49-45(34-14-6-2-7-15-34)50-47(51-46)48(36-17-8-3-9-18-36)39-21-11-20-38-37-19-10-16-32-24-25-33-28-29-40(48)44(43(38)39)42(33)41(32)37/h1-29H. The minimum absolute atomic E-state index is 0.654. The summed E-state index contributed by atoms with van der Waals surface area (Å²) < 4.78 is 0. The third-order valence-electron chi connectivity index (χ3n) is 10.9. The SMILES string of the molecule is c1ccc(-c2ccc(-c3nc(-c4ccccc4)nc(C4(c5ccccc5)c5cccc6c7cccc8ccc9ccc4c(c56)c9c87)n3)cc2)cc1. The first-order valence-corrected chi connectivity index (χ1v) is 17.5. The molecule has 9 aromatic carbocycles. The van der Waals surface area contributed by atoms with Crippen molar-refractivity contribution in [2.45, 2.75) is 5.41 Å². The second-order valence-corrected chi connectivity index (χ2v) is 13.5. The smallest absolute Gasteiger partial charge is 0.163 e. The van der Waals surface area contributed by atoms with Crippen LogP contribution in [0.3, 0.4) is 0 Å². The van der Waals surface area contributed by atoms with E-state index in [-0.39, 0.29) is 0 Å². The number of hydrogen-bond acceptors (Lipinski definition) is 3. The van der Waals surface area contributed by atoms with E-state index < -0.39 is 5.41 Å². The van der Waals surface area contributed by atoms with E-state index in [9.17, 15) is 0 Å². The van der Waals surface area contributed by atoms with Crippen LogP contribution in [-0.4, -0.2) is 15.0 Å². The molecule has 1 unspecified atom stereocenters. The van der Waals surface area contributed by atoms with Crippen LogP contribution in [-0.2, 0) is 5.41 Å². The molecule has 0 saturated heterocycles. The summed E-state index contributed by atoms with van der Waals surface area (Å²) in [6.45, 7) is 0. The van der Waals surface area contributed by atoms with E-state index in [4.69, 9.17) is 15.0 Å². The summed E-state index contributed by atoms with van der Waals surface area (Å²) in [4.78, 5) is 16.1. The van der Waals surface area contributed by atoms with Gasteiger partial charge in [0.2, 0.25) is 0 Å². The predicted octanol–water partition coefficient (Wildman–Crippen LogP) is 11.6. The third kappa shape index (κ3) is 3.92. The Morgan fingerprint density at radius 3 is 1.53 bits per heavy atom. The Hall–Kier alpha value is -6.71. The van der Waals surface area contributed by atoms with Gasteiger partial charge in [-0.3, -0.25) is 0 Å². The van der Waals surface area contributed by atoms with Crippen molar-refractivity contribution in [2.24, 2.45) is 0 Å². The highest BCUT2D eigenvalue weighted by atomic mass is 15.0. The highest BCUT2D eigenvalue weighted by Gasteiger charge is 2.48. The number of benzene rings is 9. The topological polar surface area (TPSA) is 38.7 Å². The average Bonchev–Trinajstić information content (AvgIpc) is 3.53. The molecule has 3 heteroatoms. The summed E-state index contributed by atoms with van der Waals surface area (Å²) in [6.07, 6.45) is 0. The molecule has 0 saturated carbocycles. The molecule has 11 rings (SSSR count). The lowest BCUT2D eigenvalue weighted by molar-refractivity contribution is 0.694. The first kappa shape index (κ1) is 28.2. The summed E-state index contributed by atoms with van der Waals surface area (Å²) >= 11 is 0. The molecule has 0 aliphatic heterocycles. The van der Waals surface area contributed by atoms with Crippen LogP contribution < -0.4 is 0 Å². The zero-order chi connectivity index (χ0) is 33.5. The van der Waals surface area contributed by atoms with Gasteiger partial charge < -0.3 is 0 Å². The molecule has 0 amide bonds. The number of hydrogen-bond donors (Lipinski definition) is 0. The van der Waals surface area contributed by atoms with Gasteiger partial charge in [0.25, 0.3) is 0 Å². The Bertz CT molecular complexity index is 2940. The van der Waals surface area contributed by atoms with Crippen molar-refractivity contribution < 1.29 is 0 Å². The Labute approximate surface area is 294 Å². The van der Waals surface area contributed by atoms with Crippen LogP contribution in [0.1, 0.15) is 22.5 Å². The molecule has 1 aromatic heterocycles. The molecule has 3 nitrogen and oxygen atoms in total. The first-order chi connectivity index (χ1) is 25.3. The number of nitrogens with zero attached hydrogens (tertiary/aromatic N) is 3. The van der Waals surface area contributed by atoms with Crippen molar-refractivity contribution in [1.82, 2.24) is 15.0 Å². The quantitative estimate of drug-likeness (QED) is 0.138. The van der Waals surface area contributed by atoms with Crippen molar-refractivity contribution in [2.75, 3.05) is 0 Å². The maximum Gasteiger partial charge on any atom is 0.163 e. The molecule has 1 aliphatic rings. The van der Waals surface area contributed by atoms with Gasteiger partial charge in [-0.1, -0.05) is 176 Å². The molecule has 0 bridgehead atoms. The van der Waals surface area contributed by atoms with Gasteiger partial charge in [-0.15, -0.1) is 0 Å². The lowest BCUT2D eigenvalue weighted by Gasteiger charge is -2.32.